The van der Waals surface area contributed by atoms with Crippen LogP contribution in [0.3, 0.4) is 0 Å². The van der Waals surface area contributed by atoms with E-state index in [0.717, 1.165) is 31.2 Å². The van der Waals surface area contributed by atoms with Crippen molar-refractivity contribution in [2.45, 2.75) is 25.3 Å². The molecule has 2 aromatic heterocycles. The summed E-state index contributed by atoms with van der Waals surface area (Å²) >= 11 is 0. The normalized spacial score (nSPS) is 19.1. The lowest BCUT2D eigenvalue weighted by atomic mass is 10.00. The van der Waals surface area contributed by atoms with E-state index in [-0.39, 0.29) is 18.2 Å². The zero-order chi connectivity index (χ0) is 15.0. The Morgan fingerprint density at radius 1 is 1.43 bits per heavy atom. The molecule has 0 saturated carbocycles. The van der Waals surface area contributed by atoms with E-state index in [9.17, 15) is 15.0 Å². The van der Waals surface area contributed by atoms with Gasteiger partial charge in [-0.3, -0.25) is 4.68 Å². The third-order valence-electron chi connectivity index (χ3n) is 4.09. The van der Waals surface area contributed by atoms with Crippen LogP contribution in [0.15, 0.2) is 12.4 Å². The van der Waals surface area contributed by atoms with Crippen LogP contribution >= 0.6 is 0 Å². The first-order valence-electron chi connectivity index (χ1n) is 7.05. The summed E-state index contributed by atoms with van der Waals surface area (Å²) in [6, 6.07) is -0.0531. The summed E-state index contributed by atoms with van der Waals surface area (Å²) in [5.74, 6) is -1.01. The monoisotopic (exact) mass is 290 g/mol. The summed E-state index contributed by atoms with van der Waals surface area (Å²) in [7, 11) is 1.78. The zero-order valence-corrected chi connectivity index (χ0v) is 11.9. The summed E-state index contributed by atoms with van der Waals surface area (Å²) in [6.45, 7) is 0.753. The van der Waals surface area contributed by atoms with E-state index in [1.807, 2.05) is 4.90 Å². The van der Waals surface area contributed by atoms with Crippen molar-refractivity contribution in [3.63, 3.8) is 0 Å². The van der Waals surface area contributed by atoms with Gasteiger partial charge in [-0.05, 0) is 19.3 Å². The number of nitrogens with zero attached hydrogens (tertiary/aromatic N) is 4. The van der Waals surface area contributed by atoms with Gasteiger partial charge in [-0.15, -0.1) is 0 Å². The molecular weight excluding hydrogens is 272 g/mol. The van der Waals surface area contributed by atoms with Crippen molar-refractivity contribution in [2.24, 2.45) is 7.05 Å². The lowest BCUT2D eigenvalue weighted by Gasteiger charge is -2.37. The molecule has 0 radical (unpaired) electrons. The smallest absolute Gasteiger partial charge is 0.339 e. The second-order valence-electron chi connectivity index (χ2n) is 5.36. The van der Waals surface area contributed by atoms with Crippen molar-refractivity contribution in [3.8, 4) is 0 Å². The maximum atomic E-state index is 11.6. The molecule has 0 spiro atoms. The third kappa shape index (κ3) is 2.23. The van der Waals surface area contributed by atoms with Crippen LogP contribution in [0.2, 0.25) is 0 Å². The SMILES string of the molecule is Cn1ncc2c(N3CCCCC3CO)c(C(=O)O)cnc21. The maximum absolute atomic E-state index is 11.6. The topological polar surface area (TPSA) is 91.5 Å². The average Bonchev–Trinajstić information content (AvgIpc) is 2.88. The van der Waals surface area contributed by atoms with Crippen molar-refractivity contribution >= 4 is 22.7 Å². The van der Waals surface area contributed by atoms with Crippen molar-refractivity contribution in [1.29, 1.82) is 0 Å². The predicted octanol–water partition coefficient (Wildman–Crippen LogP) is 1.02. The Morgan fingerprint density at radius 2 is 2.24 bits per heavy atom. The van der Waals surface area contributed by atoms with E-state index in [4.69, 9.17) is 0 Å². The van der Waals surface area contributed by atoms with E-state index >= 15 is 0 Å². The van der Waals surface area contributed by atoms with E-state index in [2.05, 4.69) is 10.1 Å². The minimum absolute atomic E-state index is 0.0170. The molecule has 0 bridgehead atoms. The molecule has 7 nitrogen and oxygen atoms in total. The number of carbonyl (C=O) groups is 1. The van der Waals surface area contributed by atoms with Crippen LogP contribution in [0.25, 0.3) is 11.0 Å². The first-order chi connectivity index (χ1) is 10.1. The standard InChI is InChI=1S/C14H18N4O3/c1-17-13-10(7-16-17)12(11(6-15-13)14(20)21)18-5-3-2-4-9(18)8-19/h6-7,9,19H,2-5,8H2,1H3,(H,20,21). The fourth-order valence-electron chi connectivity index (χ4n) is 3.03. The minimum Gasteiger partial charge on any atom is -0.478 e. The number of hydrogen-bond donors (Lipinski definition) is 2. The number of aryl methyl sites for hydroxylation is 1. The highest BCUT2D eigenvalue weighted by Gasteiger charge is 2.28. The van der Waals surface area contributed by atoms with Crippen molar-refractivity contribution in [1.82, 2.24) is 14.8 Å². The molecule has 1 saturated heterocycles. The van der Waals surface area contributed by atoms with Crippen LogP contribution in [0.1, 0.15) is 29.6 Å². The van der Waals surface area contributed by atoms with Crippen molar-refractivity contribution < 1.29 is 15.0 Å². The molecule has 112 valence electrons. The lowest BCUT2D eigenvalue weighted by Crippen LogP contribution is -2.42. The Morgan fingerprint density at radius 3 is 2.95 bits per heavy atom. The van der Waals surface area contributed by atoms with Crippen molar-refractivity contribution in [3.05, 3.63) is 18.0 Å². The van der Waals surface area contributed by atoms with Gasteiger partial charge >= 0.3 is 5.97 Å². The maximum Gasteiger partial charge on any atom is 0.339 e. The Kier molecular flexibility index (Phi) is 3.50. The number of aromatic carboxylic acids is 1. The molecular formula is C14H18N4O3. The van der Waals surface area contributed by atoms with E-state index in [1.54, 1.807) is 17.9 Å². The summed E-state index contributed by atoms with van der Waals surface area (Å²) < 4.78 is 1.63. The number of hydrogen-bond acceptors (Lipinski definition) is 5. The van der Waals surface area contributed by atoms with Crippen LogP contribution in [0.4, 0.5) is 5.69 Å². The van der Waals surface area contributed by atoms with Crippen LogP contribution in [-0.4, -0.2) is 50.1 Å². The summed E-state index contributed by atoms with van der Waals surface area (Å²) in [4.78, 5) is 17.8. The number of rotatable bonds is 3. The number of aliphatic hydroxyl groups excluding tert-OH is 1. The molecule has 2 aromatic rings. The van der Waals surface area contributed by atoms with Gasteiger partial charge in [-0.1, -0.05) is 0 Å². The molecule has 3 rings (SSSR count). The van der Waals surface area contributed by atoms with Crippen LogP contribution in [-0.2, 0) is 7.05 Å². The molecule has 7 heteroatoms. The van der Waals surface area contributed by atoms with Gasteiger partial charge in [0.15, 0.2) is 5.65 Å². The van der Waals surface area contributed by atoms with Crippen molar-refractivity contribution in [2.75, 3.05) is 18.1 Å². The molecule has 0 amide bonds. The molecule has 0 aliphatic carbocycles. The Labute approximate surface area is 121 Å². The fourth-order valence-corrected chi connectivity index (χ4v) is 3.03. The molecule has 1 fully saturated rings. The quantitative estimate of drug-likeness (QED) is 0.877. The van der Waals surface area contributed by atoms with E-state index in [0.29, 0.717) is 11.3 Å². The molecule has 21 heavy (non-hydrogen) atoms. The molecule has 0 aromatic carbocycles. The Hall–Kier alpha value is -2.15. The number of pyridine rings is 1. The predicted molar refractivity (Wildman–Crippen MR) is 77.5 cm³/mol. The molecule has 2 N–H and O–H groups in total. The first kappa shape index (κ1) is 13.8. The second-order valence-corrected chi connectivity index (χ2v) is 5.36. The highest BCUT2D eigenvalue weighted by Crippen LogP contribution is 2.33. The van der Waals surface area contributed by atoms with Gasteiger partial charge in [-0.2, -0.15) is 5.10 Å². The molecule has 1 unspecified atom stereocenters. The first-order valence-corrected chi connectivity index (χ1v) is 7.05. The van der Waals surface area contributed by atoms with Gasteiger partial charge in [-0.25, -0.2) is 9.78 Å². The van der Waals surface area contributed by atoms with Gasteiger partial charge in [0.05, 0.1) is 29.9 Å². The van der Waals surface area contributed by atoms with Gasteiger partial charge < -0.3 is 15.1 Å². The molecule has 1 aliphatic heterocycles. The lowest BCUT2D eigenvalue weighted by molar-refractivity contribution is 0.0697. The fraction of sp³-hybridized carbons (Fsp3) is 0.500. The van der Waals surface area contributed by atoms with Gasteiger partial charge in [0.1, 0.15) is 5.56 Å². The Bertz CT molecular complexity index is 682. The van der Waals surface area contributed by atoms with Crippen LogP contribution < -0.4 is 4.90 Å². The number of anilines is 1. The van der Waals surface area contributed by atoms with Crippen LogP contribution in [0.5, 0.6) is 0 Å². The summed E-state index contributed by atoms with van der Waals surface area (Å²) in [6.07, 6.45) is 5.92. The molecule has 3 heterocycles. The molecule has 1 atom stereocenters. The highest BCUT2D eigenvalue weighted by atomic mass is 16.4. The van der Waals surface area contributed by atoms with E-state index in [1.165, 1.54) is 6.20 Å². The zero-order valence-electron chi connectivity index (χ0n) is 11.9. The van der Waals surface area contributed by atoms with Gasteiger partial charge in [0.25, 0.3) is 0 Å². The number of aromatic nitrogens is 3. The average molecular weight is 290 g/mol. The second kappa shape index (κ2) is 5.33. The number of piperidine rings is 1. The highest BCUT2D eigenvalue weighted by molar-refractivity contribution is 6.03. The third-order valence-corrected chi connectivity index (χ3v) is 4.09. The minimum atomic E-state index is -1.01. The van der Waals surface area contributed by atoms with Gasteiger partial charge in [0, 0.05) is 19.8 Å². The number of aliphatic hydroxyl groups is 1. The number of fused-ring (bicyclic) bond motifs is 1. The van der Waals surface area contributed by atoms with Gasteiger partial charge in [0.2, 0.25) is 0 Å². The number of carboxylic acids is 1. The summed E-state index contributed by atoms with van der Waals surface area (Å²) in [5.41, 5.74) is 1.44. The largest absolute Gasteiger partial charge is 0.478 e. The van der Waals surface area contributed by atoms with E-state index < -0.39 is 5.97 Å². The molecule has 1 aliphatic rings. The number of carboxylic acid groups (broad SMARTS) is 1. The van der Waals surface area contributed by atoms with Crippen LogP contribution in [0, 0.1) is 0 Å². The summed E-state index contributed by atoms with van der Waals surface area (Å²) in [5, 5.41) is 24.0. The Balaban J connectivity index is 2.22.